The highest BCUT2D eigenvalue weighted by atomic mass is 15.2. The maximum Gasteiger partial charge on any atom is 0.0417 e. The van der Waals surface area contributed by atoms with E-state index in [-0.39, 0.29) is 6.04 Å². The summed E-state index contributed by atoms with van der Waals surface area (Å²) in [6.07, 6.45) is 3.86. The van der Waals surface area contributed by atoms with Crippen LogP contribution in [-0.4, -0.2) is 12.6 Å². The van der Waals surface area contributed by atoms with Crippen LogP contribution in [-0.2, 0) is 0 Å². The second-order valence-electron chi connectivity index (χ2n) is 4.75. The summed E-state index contributed by atoms with van der Waals surface area (Å²) in [5, 5.41) is 0. The van der Waals surface area contributed by atoms with Crippen LogP contribution in [0.15, 0.2) is 24.3 Å². The minimum absolute atomic E-state index is 0.120. The minimum atomic E-state index is 0.120. The summed E-state index contributed by atoms with van der Waals surface area (Å²) >= 11 is 0. The molecule has 2 unspecified atom stereocenters. The molecular weight excluding hydrogens is 196 g/mol. The van der Waals surface area contributed by atoms with Gasteiger partial charge in [-0.2, -0.15) is 0 Å². The maximum atomic E-state index is 6.04. The fraction of sp³-hybridized carbons (Fsp3) is 0.571. The van der Waals surface area contributed by atoms with Crippen molar-refractivity contribution in [2.75, 3.05) is 11.4 Å². The van der Waals surface area contributed by atoms with Gasteiger partial charge in [-0.1, -0.05) is 25.1 Å². The van der Waals surface area contributed by atoms with Crippen molar-refractivity contribution < 1.29 is 0 Å². The molecule has 1 aliphatic rings. The first-order valence-electron chi connectivity index (χ1n) is 6.35. The first-order valence-corrected chi connectivity index (χ1v) is 6.35. The quantitative estimate of drug-likeness (QED) is 0.844. The molecule has 2 rings (SSSR count). The molecular formula is C14H22N2. The molecule has 0 bridgehead atoms. The normalized spacial score (nSPS) is 22.4. The molecule has 16 heavy (non-hydrogen) atoms. The van der Waals surface area contributed by atoms with Crippen molar-refractivity contribution in [3.8, 4) is 0 Å². The third kappa shape index (κ3) is 2.07. The van der Waals surface area contributed by atoms with E-state index in [4.69, 9.17) is 5.73 Å². The van der Waals surface area contributed by atoms with Gasteiger partial charge in [-0.3, -0.25) is 0 Å². The van der Waals surface area contributed by atoms with Crippen LogP contribution in [0.4, 0.5) is 5.69 Å². The van der Waals surface area contributed by atoms with Gasteiger partial charge in [-0.25, -0.2) is 0 Å². The van der Waals surface area contributed by atoms with Crippen molar-refractivity contribution in [2.45, 2.75) is 45.2 Å². The zero-order valence-electron chi connectivity index (χ0n) is 10.3. The van der Waals surface area contributed by atoms with Gasteiger partial charge >= 0.3 is 0 Å². The standard InChI is InChI=1S/C14H22N2/c1-3-12-7-6-10-16(12)14-9-5-4-8-13(14)11(2)15/h4-5,8-9,11-12H,3,6-7,10,15H2,1-2H3. The van der Waals surface area contributed by atoms with Crippen molar-refractivity contribution in [1.82, 2.24) is 0 Å². The molecule has 1 aromatic rings. The summed E-state index contributed by atoms with van der Waals surface area (Å²) in [6, 6.07) is 9.40. The second-order valence-corrected chi connectivity index (χ2v) is 4.75. The van der Waals surface area contributed by atoms with Crippen molar-refractivity contribution in [3.63, 3.8) is 0 Å². The summed E-state index contributed by atoms with van der Waals surface area (Å²) in [7, 11) is 0. The lowest BCUT2D eigenvalue weighted by atomic mass is 10.0. The average molecular weight is 218 g/mol. The number of benzene rings is 1. The Morgan fingerprint density at radius 3 is 2.88 bits per heavy atom. The van der Waals surface area contributed by atoms with E-state index in [1.165, 1.54) is 37.1 Å². The monoisotopic (exact) mass is 218 g/mol. The largest absolute Gasteiger partial charge is 0.368 e. The molecule has 88 valence electrons. The van der Waals surface area contributed by atoms with Crippen LogP contribution in [0.1, 0.15) is 44.7 Å². The van der Waals surface area contributed by atoms with E-state index in [9.17, 15) is 0 Å². The Kier molecular flexibility index (Phi) is 3.49. The van der Waals surface area contributed by atoms with Crippen LogP contribution in [0.3, 0.4) is 0 Å². The molecule has 1 heterocycles. The predicted molar refractivity (Wildman–Crippen MR) is 69.7 cm³/mol. The van der Waals surface area contributed by atoms with Crippen LogP contribution in [0, 0.1) is 0 Å². The second kappa shape index (κ2) is 4.88. The van der Waals surface area contributed by atoms with Crippen molar-refractivity contribution in [3.05, 3.63) is 29.8 Å². The molecule has 0 aliphatic carbocycles. The number of hydrogen-bond acceptors (Lipinski definition) is 2. The van der Waals surface area contributed by atoms with Gasteiger partial charge in [0.15, 0.2) is 0 Å². The molecule has 0 amide bonds. The lowest BCUT2D eigenvalue weighted by molar-refractivity contribution is 0.641. The highest BCUT2D eigenvalue weighted by molar-refractivity contribution is 5.56. The highest BCUT2D eigenvalue weighted by Crippen LogP contribution is 2.32. The highest BCUT2D eigenvalue weighted by Gasteiger charge is 2.25. The van der Waals surface area contributed by atoms with Crippen LogP contribution in [0.25, 0.3) is 0 Å². The van der Waals surface area contributed by atoms with Gasteiger partial charge in [0.05, 0.1) is 0 Å². The number of anilines is 1. The number of para-hydroxylation sites is 1. The lowest BCUT2D eigenvalue weighted by Gasteiger charge is -2.29. The maximum absolute atomic E-state index is 6.04. The zero-order valence-corrected chi connectivity index (χ0v) is 10.3. The Hall–Kier alpha value is -1.02. The summed E-state index contributed by atoms with van der Waals surface area (Å²) in [6.45, 7) is 5.52. The van der Waals surface area contributed by atoms with E-state index in [0.717, 1.165) is 0 Å². The summed E-state index contributed by atoms with van der Waals surface area (Å²) in [4.78, 5) is 2.54. The van der Waals surface area contributed by atoms with E-state index in [2.05, 4.69) is 43.0 Å². The molecule has 2 heteroatoms. The Bertz CT molecular complexity index is 346. The average Bonchev–Trinajstić information content (AvgIpc) is 2.76. The Morgan fingerprint density at radius 1 is 1.44 bits per heavy atom. The van der Waals surface area contributed by atoms with Crippen molar-refractivity contribution >= 4 is 5.69 Å². The molecule has 1 aromatic carbocycles. The predicted octanol–water partition coefficient (Wildman–Crippen LogP) is 3.09. The van der Waals surface area contributed by atoms with E-state index >= 15 is 0 Å². The van der Waals surface area contributed by atoms with Gasteiger partial charge in [-0.05, 0) is 37.8 Å². The van der Waals surface area contributed by atoms with Gasteiger partial charge in [0.2, 0.25) is 0 Å². The van der Waals surface area contributed by atoms with Crippen molar-refractivity contribution in [1.29, 1.82) is 0 Å². The third-order valence-electron chi connectivity index (χ3n) is 3.59. The molecule has 2 N–H and O–H groups in total. The lowest BCUT2D eigenvalue weighted by Crippen LogP contribution is -2.30. The molecule has 1 aliphatic heterocycles. The third-order valence-corrected chi connectivity index (χ3v) is 3.59. The SMILES string of the molecule is CCC1CCCN1c1ccccc1C(C)N. The van der Waals surface area contributed by atoms with E-state index in [1.807, 2.05) is 0 Å². The Morgan fingerprint density at radius 2 is 2.19 bits per heavy atom. The Balaban J connectivity index is 2.32. The van der Waals surface area contributed by atoms with Gasteiger partial charge in [-0.15, -0.1) is 0 Å². The van der Waals surface area contributed by atoms with E-state index < -0.39 is 0 Å². The number of hydrogen-bond donors (Lipinski definition) is 1. The van der Waals surface area contributed by atoms with Gasteiger partial charge in [0, 0.05) is 24.3 Å². The van der Waals surface area contributed by atoms with Crippen molar-refractivity contribution in [2.24, 2.45) is 5.73 Å². The first-order chi connectivity index (χ1) is 7.74. The van der Waals surface area contributed by atoms with Crippen LogP contribution < -0.4 is 10.6 Å². The first kappa shape index (κ1) is 11.5. The molecule has 0 spiro atoms. The molecule has 2 nitrogen and oxygen atoms in total. The minimum Gasteiger partial charge on any atom is -0.368 e. The van der Waals surface area contributed by atoms with Crippen LogP contribution >= 0.6 is 0 Å². The number of rotatable bonds is 3. The number of nitrogens with two attached hydrogens (primary N) is 1. The van der Waals surface area contributed by atoms with Gasteiger partial charge in [0.25, 0.3) is 0 Å². The van der Waals surface area contributed by atoms with E-state index in [0.29, 0.717) is 6.04 Å². The van der Waals surface area contributed by atoms with Crippen LogP contribution in [0.2, 0.25) is 0 Å². The zero-order chi connectivity index (χ0) is 11.5. The molecule has 0 saturated carbocycles. The fourth-order valence-corrected chi connectivity index (χ4v) is 2.71. The molecule has 2 atom stereocenters. The number of nitrogens with zero attached hydrogens (tertiary/aromatic N) is 1. The Labute approximate surface area is 98.4 Å². The molecule has 1 fully saturated rings. The summed E-state index contributed by atoms with van der Waals surface area (Å²) in [5.74, 6) is 0. The topological polar surface area (TPSA) is 29.3 Å². The summed E-state index contributed by atoms with van der Waals surface area (Å²) < 4.78 is 0. The summed E-state index contributed by atoms with van der Waals surface area (Å²) in [5.41, 5.74) is 8.67. The van der Waals surface area contributed by atoms with Gasteiger partial charge < -0.3 is 10.6 Å². The van der Waals surface area contributed by atoms with E-state index in [1.54, 1.807) is 0 Å². The van der Waals surface area contributed by atoms with Gasteiger partial charge in [0.1, 0.15) is 0 Å². The van der Waals surface area contributed by atoms with Crippen LogP contribution in [0.5, 0.6) is 0 Å². The fourth-order valence-electron chi connectivity index (χ4n) is 2.71. The molecule has 0 aromatic heterocycles. The molecule has 0 radical (unpaired) electrons. The molecule has 1 saturated heterocycles. The smallest absolute Gasteiger partial charge is 0.0417 e.